The van der Waals surface area contributed by atoms with E-state index in [0.717, 1.165) is 12.1 Å². The molecule has 26 heavy (non-hydrogen) atoms. The molecule has 1 N–H and O–H groups in total. The largest absolute Gasteiger partial charge is 0.385 e. The highest BCUT2D eigenvalue weighted by atomic mass is 16.3. The monoisotopic (exact) mass is 359 g/mol. The number of likely N-dealkylation sites (N-methyl/N-ethyl adjacent to an activating group) is 1. The van der Waals surface area contributed by atoms with Crippen LogP contribution in [-0.2, 0) is 24.4 Å². The molecule has 0 saturated carbocycles. The Hall–Kier alpha value is -2.45. The van der Waals surface area contributed by atoms with Gasteiger partial charge in [-0.15, -0.1) is 0 Å². The van der Waals surface area contributed by atoms with Crippen molar-refractivity contribution in [1.82, 2.24) is 24.1 Å². The van der Waals surface area contributed by atoms with Gasteiger partial charge in [0.1, 0.15) is 12.6 Å². The Morgan fingerprint density at radius 3 is 2.88 bits per heavy atom. The highest BCUT2D eigenvalue weighted by Gasteiger charge is 2.23. The second-order valence-electron chi connectivity index (χ2n) is 6.90. The van der Waals surface area contributed by atoms with Gasteiger partial charge in [0.25, 0.3) is 5.56 Å². The summed E-state index contributed by atoms with van der Waals surface area (Å²) >= 11 is 0. The van der Waals surface area contributed by atoms with E-state index in [1.54, 1.807) is 23.2 Å². The Bertz CT molecular complexity index is 826. The Balaban J connectivity index is 1.73. The van der Waals surface area contributed by atoms with Crippen LogP contribution in [0.15, 0.2) is 35.3 Å². The number of fused-ring (bicyclic) bond motifs is 1. The molecule has 0 aromatic carbocycles. The summed E-state index contributed by atoms with van der Waals surface area (Å²) in [6.07, 6.45) is 1.75. The molecule has 3 heterocycles. The minimum absolute atomic E-state index is 0.0317. The van der Waals surface area contributed by atoms with Gasteiger partial charge in [-0.1, -0.05) is 6.07 Å². The van der Waals surface area contributed by atoms with Crippen molar-refractivity contribution in [3.05, 3.63) is 52.2 Å². The van der Waals surface area contributed by atoms with E-state index >= 15 is 0 Å². The summed E-state index contributed by atoms with van der Waals surface area (Å²) in [5.41, 5.74) is 1.35. The number of aliphatic hydroxyl groups is 1. The van der Waals surface area contributed by atoms with Gasteiger partial charge < -0.3 is 19.5 Å². The predicted molar refractivity (Wildman–Crippen MR) is 96.5 cm³/mol. The smallest absolute Gasteiger partial charge is 0.250 e. The van der Waals surface area contributed by atoms with E-state index < -0.39 is 6.10 Å². The Morgan fingerprint density at radius 2 is 2.15 bits per heavy atom. The molecule has 0 spiro atoms. The normalized spacial score (nSPS) is 15.6. The van der Waals surface area contributed by atoms with Crippen LogP contribution in [0.4, 0.5) is 0 Å². The van der Waals surface area contributed by atoms with Crippen LogP contribution in [0.5, 0.6) is 0 Å². The van der Waals surface area contributed by atoms with Crippen LogP contribution < -0.4 is 5.56 Å². The van der Waals surface area contributed by atoms with Crippen LogP contribution >= 0.6 is 0 Å². The molecule has 2 aromatic rings. The number of rotatable bonds is 5. The number of hydrogen-bond acceptors (Lipinski definition) is 5. The summed E-state index contributed by atoms with van der Waals surface area (Å²) in [5.74, 6) is -0.0941. The maximum Gasteiger partial charge on any atom is 0.250 e. The maximum absolute atomic E-state index is 12.6. The van der Waals surface area contributed by atoms with Gasteiger partial charge in [-0.25, -0.2) is 0 Å². The summed E-state index contributed by atoms with van der Waals surface area (Å²) in [6, 6.07) is 6.72. The lowest BCUT2D eigenvalue weighted by atomic mass is 10.2. The molecule has 8 nitrogen and oxygen atoms in total. The SMILES string of the molecule is CN(C)CC(O)c1cc2n(n1)CCCN(C(=O)Cn1ccccc1=O)C2. The Labute approximate surface area is 152 Å². The van der Waals surface area contributed by atoms with E-state index in [1.165, 1.54) is 10.6 Å². The van der Waals surface area contributed by atoms with Crippen LogP contribution in [0, 0.1) is 0 Å². The van der Waals surface area contributed by atoms with Gasteiger partial charge in [-0.05, 0) is 32.6 Å². The van der Waals surface area contributed by atoms with Gasteiger partial charge in [0.05, 0.1) is 17.9 Å². The number of nitrogens with zero attached hydrogens (tertiary/aromatic N) is 5. The van der Waals surface area contributed by atoms with Gasteiger partial charge in [-0.2, -0.15) is 5.10 Å². The first-order valence-corrected chi connectivity index (χ1v) is 8.76. The second-order valence-corrected chi connectivity index (χ2v) is 6.90. The number of aliphatic hydroxyl groups excluding tert-OH is 1. The number of aryl methyl sites for hydroxylation is 1. The third-order valence-electron chi connectivity index (χ3n) is 4.47. The Kier molecular flexibility index (Phi) is 5.53. The maximum atomic E-state index is 12.6. The molecule has 2 aromatic heterocycles. The molecule has 1 aliphatic heterocycles. The lowest BCUT2D eigenvalue weighted by molar-refractivity contribution is -0.132. The zero-order chi connectivity index (χ0) is 18.7. The summed E-state index contributed by atoms with van der Waals surface area (Å²) in [6.45, 7) is 2.29. The first kappa shape index (κ1) is 18.3. The first-order chi connectivity index (χ1) is 12.4. The fourth-order valence-corrected chi connectivity index (χ4v) is 3.14. The number of pyridine rings is 1. The number of hydrogen-bond donors (Lipinski definition) is 1. The highest BCUT2D eigenvalue weighted by Crippen LogP contribution is 2.19. The summed E-state index contributed by atoms with van der Waals surface area (Å²) < 4.78 is 3.28. The average Bonchev–Trinajstić information content (AvgIpc) is 2.88. The third-order valence-corrected chi connectivity index (χ3v) is 4.47. The zero-order valence-corrected chi connectivity index (χ0v) is 15.2. The molecule has 0 fully saturated rings. The lowest BCUT2D eigenvalue weighted by Gasteiger charge is -2.20. The molecule has 1 amide bonds. The zero-order valence-electron chi connectivity index (χ0n) is 15.2. The molecular formula is C18H25N5O3. The van der Waals surface area contributed by atoms with Gasteiger partial charge in [-0.3, -0.25) is 14.3 Å². The third kappa shape index (κ3) is 4.20. The van der Waals surface area contributed by atoms with E-state index in [9.17, 15) is 14.7 Å². The van der Waals surface area contributed by atoms with Gasteiger partial charge in [0, 0.05) is 31.9 Å². The van der Waals surface area contributed by atoms with E-state index in [0.29, 0.717) is 31.9 Å². The van der Waals surface area contributed by atoms with Crippen LogP contribution in [0.3, 0.4) is 0 Å². The van der Waals surface area contributed by atoms with Gasteiger partial charge in [0.2, 0.25) is 5.91 Å². The standard InChI is InChI=1S/C18H25N5O3/c1-20(2)12-16(24)15-10-14-11-21(8-5-9-23(14)19-15)18(26)13-22-7-4-3-6-17(22)25/h3-4,6-7,10,16,24H,5,8-9,11-13H2,1-2H3. The van der Waals surface area contributed by atoms with Crippen LogP contribution in [-0.4, -0.2) is 62.3 Å². The summed E-state index contributed by atoms with van der Waals surface area (Å²) in [4.78, 5) is 28.1. The quantitative estimate of drug-likeness (QED) is 0.817. The van der Waals surface area contributed by atoms with Crippen molar-refractivity contribution in [2.24, 2.45) is 0 Å². The number of aromatic nitrogens is 3. The molecule has 1 aliphatic rings. The highest BCUT2D eigenvalue weighted by molar-refractivity contribution is 5.76. The van der Waals surface area contributed by atoms with Crippen molar-refractivity contribution in [2.45, 2.75) is 32.2 Å². The molecule has 8 heteroatoms. The van der Waals surface area contributed by atoms with Crippen molar-refractivity contribution in [1.29, 1.82) is 0 Å². The molecular weight excluding hydrogens is 334 g/mol. The van der Waals surface area contributed by atoms with Crippen molar-refractivity contribution >= 4 is 5.91 Å². The molecule has 0 bridgehead atoms. The topological polar surface area (TPSA) is 83.6 Å². The predicted octanol–water partition coefficient (Wildman–Crippen LogP) is 0.0723. The van der Waals surface area contributed by atoms with E-state index in [1.807, 2.05) is 29.7 Å². The molecule has 0 aliphatic carbocycles. The van der Waals surface area contributed by atoms with Gasteiger partial charge in [0.15, 0.2) is 0 Å². The molecule has 1 atom stereocenters. The first-order valence-electron chi connectivity index (χ1n) is 8.76. The van der Waals surface area contributed by atoms with E-state index in [4.69, 9.17) is 0 Å². The fourth-order valence-electron chi connectivity index (χ4n) is 3.14. The lowest BCUT2D eigenvalue weighted by Crippen LogP contribution is -2.36. The molecule has 0 radical (unpaired) electrons. The average molecular weight is 359 g/mol. The van der Waals surface area contributed by atoms with Crippen molar-refractivity contribution in [3.8, 4) is 0 Å². The summed E-state index contributed by atoms with van der Waals surface area (Å²) in [7, 11) is 3.80. The van der Waals surface area contributed by atoms with Crippen molar-refractivity contribution in [3.63, 3.8) is 0 Å². The number of carbonyl (C=O) groups is 1. The van der Waals surface area contributed by atoms with Crippen molar-refractivity contribution in [2.75, 3.05) is 27.2 Å². The second kappa shape index (κ2) is 7.84. The number of carbonyl (C=O) groups excluding carboxylic acids is 1. The number of amides is 1. The fraction of sp³-hybridized carbons (Fsp3) is 0.500. The van der Waals surface area contributed by atoms with Crippen LogP contribution in [0.1, 0.15) is 23.9 Å². The van der Waals surface area contributed by atoms with E-state index in [2.05, 4.69) is 5.10 Å². The van der Waals surface area contributed by atoms with E-state index in [-0.39, 0.29) is 18.0 Å². The van der Waals surface area contributed by atoms with Crippen LogP contribution in [0.2, 0.25) is 0 Å². The van der Waals surface area contributed by atoms with Crippen molar-refractivity contribution < 1.29 is 9.90 Å². The van der Waals surface area contributed by atoms with Gasteiger partial charge >= 0.3 is 0 Å². The molecule has 140 valence electrons. The minimum Gasteiger partial charge on any atom is -0.385 e. The molecule has 3 rings (SSSR count). The summed E-state index contributed by atoms with van der Waals surface area (Å²) in [5, 5.41) is 14.8. The Morgan fingerprint density at radius 1 is 1.35 bits per heavy atom. The van der Waals surface area contributed by atoms with Crippen LogP contribution in [0.25, 0.3) is 0 Å². The molecule has 0 saturated heterocycles. The molecule has 1 unspecified atom stereocenters. The minimum atomic E-state index is -0.656.